The van der Waals surface area contributed by atoms with Crippen LogP contribution in [0.25, 0.3) is 11.3 Å². The highest BCUT2D eigenvalue weighted by molar-refractivity contribution is 7.14. The van der Waals surface area contributed by atoms with E-state index in [2.05, 4.69) is 41.5 Å². The van der Waals surface area contributed by atoms with Crippen LogP contribution in [0, 0.1) is 5.92 Å². The number of ether oxygens (including phenoxy) is 1. The third kappa shape index (κ3) is 7.46. The maximum atomic E-state index is 11.2. The van der Waals surface area contributed by atoms with E-state index in [0.717, 1.165) is 53.7 Å². The first-order valence-electron chi connectivity index (χ1n) is 12.8. The Balaban J connectivity index is 0.00000149. The molecule has 1 N–H and O–H groups in total. The minimum Gasteiger partial charge on any atom is -0.490 e. The second-order valence-electron chi connectivity index (χ2n) is 9.17. The Labute approximate surface area is 203 Å². The van der Waals surface area contributed by atoms with Crippen LogP contribution >= 0.6 is 11.3 Å². The van der Waals surface area contributed by atoms with Crippen molar-refractivity contribution in [2.45, 2.75) is 97.1 Å². The van der Waals surface area contributed by atoms with Crippen LogP contribution < -0.4 is 9.64 Å². The topological polar surface area (TPSA) is 62.7 Å². The van der Waals surface area contributed by atoms with Crippen LogP contribution in [-0.4, -0.2) is 34.8 Å². The number of carboxylic acids is 1. The zero-order valence-electron chi connectivity index (χ0n) is 20.5. The highest BCUT2D eigenvalue weighted by Gasteiger charge is 2.24. The molecular weight excluding hydrogens is 432 g/mol. The molecule has 1 heterocycles. The number of carbonyl (C=O) groups is 1. The molecule has 0 amide bonds. The molecule has 2 aliphatic carbocycles. The summed E-state index contributed by atoms with van der Waals surface area (Å²) in [6.45, 7) is 6.85. The van der Waals surface area contributed by atoms with Crippen LogP contribution in [-0.2, 0) is 4.79 Å². The SMILES string of the molecule is CC.CC1CCC(Oc2ccc(-c3csc(N(CCC(=O)O)C4CCCCC4)n3)cc2)CC1. The zero-order chi connectivity index (χ0) is 23.6. The van der Waals surface area contributed by atoms with E-state index >= 15 is 0 Å². The average molecular weight is 473 g/mol. The molecule has 0 atom stereocenters. The molecule has 0 saturated heterocycles. The Hall–Kier alpha value is -2.08. The molecular formula is C27H40N2O3S. The Morgan fingerprint density at radius 1 is 1.06 bits per heavy atom. The summed E-state index contributed by atoms with van der Waals surface area (Å²) in [5.41, 5.74) is 2.03. The van der Waals surface area contributed by atoms with Gasteiger partial charge in [-0.05, 0) is 68.7 Å². The number of hydrogen-bond donors (Lipinski definition) is 1. The molecule has 182 valence electrons. The van der Waals surface area contributed by atoms with Gasteiger partial charge in [-0.1, -0.05) is 40.0 Å². The summed E-state index contributed by atoms with van der Waals surface area (Å²) in [6.07, 6.45) is 11.2. The third-order valence-electron chi connectivity index (χ3n) is 6.74. The predicted octanol–water partition coefficient (Wildman–Crippen LogP) is 7.41. The first-order chi connectivity index (χ1) is 16.1. The normalized spacial score (nSPS) is 21.1. The van der Waals surface area contributed by atoms with Gasteiger partial charge in [-0.25, -0.2) is 4.98 Å². The van der Waals surface area contributed by atoms with Crippen molar-refractivity contribution >= 4 is 22.4 Å². The smallest absolute Gasteiger partial charge is 0.305 e. The first-order valence-corrected chi connectivity index (χ1v) is 13.7. The fraction of sp³-hybridized carbons (Fsp3) is 0.630. The number of benzene rings is 1. The molecule has 2 aromatic rings. The van der Waals surface area contributed by atoms with E-state index in [0.29, 0.717) is 18.7 Å². The summed E-state index contributed by atoms with van der Waals surface area (Å²) in [4.78, 5) is 18.3. The number of hydrogen-bond acceptors (Lipinski definition) is 5. The fourth-order valence-corrected chi connectivity index (χ4v) is 5.75. The predicted molar refractivity (Wildman–Crippen MR) is 137 cm³/mol. The van der Waals surface area contributed by atoms with Crippen molar-refractivity contribution in [2.24, 2.45) is 5.92 Å². The van der Waals surface area contributed by atoms with E-state index in [-0.39, 0.29) is 6.42 Å². The van der Waals surface area contributed by atoms with Gasteiger partial charge in [-0.2, -0.15) is 0 Å². The molecule has 0 radical (unpaired) electrons. The molecule has 1 aromatic carbocycles. The fourth-order valence-electron chi connectivity index (χ4n) is 4.82. The maximum Gasteiger partial charge on any atom is 0.305 e. The van der Waals surface area contributed by atoms with Crippen LogP contribution in [0.2, 0.25) is 0 Å². The van der Waals surface area contributed by atoms with Gasteiger partial charge in [0.1, 0.15) is 5.75 Å². The van der Waals surface area contributed by atoms with Gasteiger partial charge >= 0.3 is 5.97 Å². The standard InChI is InChI=1S/C25H34N2O3S.C2H6/c1-18-7-11-21(12-8-18)30-22-13-9-19(10-14-22)23-17-31-25(26-23)27(16-15-24(28)29)20-5-3-2-4-6-20;1-2/h9-10,13-14,17-18,20-21H,2-8,11-12,15-16H2,1H3,(H,28,29);1-2H3. The molecule has 5 nitrogen and oxygen atoms in total. The van der Waals surface area contributed by atoms with E-state index in [9.17, 15) is 9.90 Å². The van der Waals surface area contributed by atoms with Gasteiger partial charge < -0.3 is 14.7 Å². The van der Waals surface area contributed by atoms with Gasteiger partial charge in [0.15, 0.2) is 5.13 Å². The van der Waals surface area contributed by atoms with Crippen LogP contribution in [0.4, 0.5) is 5.13 Å². The number of rotatable bonds is 8. The number of nitrogens with zero attached hydrogens (tertiary/aromatic N) is 2. The Morgan fingerprint density at radius 2 is 1.73 bits per heavy atom. The van der Waals surface area contributed by atoms with Gasteiger partial charge in [0.2, 0.25) is 0 Å². The zero-order valence-corrected chi connectivity index (χ0v) is 21.3. The van der Waals surface area contributed by atoms with Gasteiger partial charge in [0.05, 0.1) is 18.2 Å². The number of aromatic nitrogens is 1. The van der Waals surface area contributed by atoms with E-state index in [1.165, 1.54) is 32.1 Å². The largest absolute Gasteiger partial charge is 0.490 e. The number of aliphatic carboxylic acids is 1. The lowest BCUT2D eigenvalue weighted by atomic mass is 9.89. The van der Waals surface area contributed by atoms with Crippen LogP contribution in [0.15, 0.2) is 29.6 Å². The van der Waals surface area contributed by atoms with E-state index in [4.69, 9.17) is 9.72 Å². The molecule has 2 saturated carbocycles. The molecule has 1 aromatic heterocycles. The molecule has 2 fully saturated rings. The van der Waals surface area contributed by atoms with Crippen LogP contribution in [0.3, 0.4) is 0 Å². The van der Waals surface area contributed by atoms with E-state index in [1.807, 2.05) is 13.8 Å². The molecule has 0 aliphatic heterocycles. The van der Waals surface area contributed by atoms with E-state index < -0.39 is 5.97 Å². The maximum absolute atomic E-state index is 11.2. The second kappa shape index (κ2) is 13.0. The van der Waals surface area contributed by atoms with Crippen LogP contribution in [0.5, 0.6) is 5.75 Å². The molecule has 0 bridgehead atoms. The Morgan fingerprint density at radius 3 is 2.36 bits per heavy atom. The lowest BCUT2D eigenvalue weighted by Crippen LogP contribution is -2.38. The van der Waals surface area contributed by atoms with Crippen LogP contribution in [0.1, 0.15) is 85.0 Å². The van der Waals surface area contributed by atoms with Gasteiger partial charge in [-0.3, -0.25) is 4.79 Å². The molecule has 33 heavy (non-hydrogen) atoms. The number of anilines is 1. The lowest BCUT2D eigenvalue weighted by molar-refractivity contribution is -0.136. The molecule has 6 heteroatoms. The minimum absolute atomic E-state index is 0.150. The van der Waals surface area contributed by atoms with Crippen molar-refractivity contribution in [2.75, 3.05) is 11.4 Å². The van der Waals surface area contributed by atoms with Gasteiger partial charge in [-0.15, -0.1) is 11.3 Å². The van der Waals surface area contributed by atoms with Gasteiger partial charge in [0, 0.05) is 23.5 Å². The lowest BCUT2D eigenvalue weighted by Gasteiger charge is -2.33. The van der Waals surface area contributed by atoms with Crippen molar-refractivity contribution in [3.8, 4) is 17.0 Å². The van der Waals surface area contributed by atoms with Crippen molar-refractivity contribution < 1.29 is 14.6 Å². The first kappa shape index (κ1) is 25.5. The summed E-state index contributed by atoms with van der Waals surface area (Å²) in [6, 6.07) is 8.68. The monoisotopic (exact) mass is 472 g/mol. The number of carboxylic acid groups (broad SMARTS) is 1. The summed E-state index contributed by atoms with van der Waals surface area (Å²) in [7, 11) is 0. The molecule has 0 spiro atoms. The van der Waals surface area contributed by atoms with Crippen molar-refractivity contribution in [3.05, 3.63) is 29.6 Å². The molecule has 2 aliphatic rings. The van der Waals surface area contributed by atoms with Crippen molar-refractivity contribution in [3.63, 3.8) is 0 Å². The Bertz CT molecular complexity index is 837. The highest BCUT2D eigenvalue weighted by atomic mass is 32.1. The summed E-state index contributed by atoms with van der Waals surface area (Å²) >= 11 is 1.62. The van der Waals surface area contributed by atoms with Gasteiger partial charge in [0.25, 0.3) is 0 Å². The van der Waals surface area contributed by atoms with Crippen molar-refractivity contribution in [1.29, 1.82) is 0 Å². The highest BCUT2D eigenvalue weighted by Crippen LogP contribution is 2.34. The quantitative estimate of drug-likeness (QED) is 0.433. The molecule has 4 rings (SSSR count). The van der Waals surface area contributed by atoms with Crippen molar-refractivity contribution in [1.82, 2.24) is 4.98 Å². The second-order valence-corrected chi connectivity index (χ2v) is 10.0. The minimum atomic E-state index is -0.749. The summed E-state index contributed by atoms with van der Waals surface area (Å²) < 4.78 is 6.19. The Kier molecular flexibility index (Phi) is 10.0. The number of thiazole rings is 1. The van der Waals surface area contributed by atoms with E-state index in [1.54, 1.807) is 11.3 Å². The average Bonchev–Trinajstić information content (AvgIpc) is 3.33. The summed E-state index contributed by atoms with van der Waals surface area (Å²) in [5.74, 6) is 1.01. The summed E-state index contributed by atoms with van der Waals surface area (Å²) in [5, 5.41) is 12.2. The third-order valence-corrected chi connectivity index (χ3v) is 7.61. The molecule has 0 unspecified atom stereocenters.